The van der Waals surface area contributed by atoms with Gasteiger partial charge in [0.2, 0.25) is 5.95 Å². The highest BCUT2D eigenvalue weighted by Gasteiger charge is 2.25. The van der Waals surface area contributed by atoms with Crippen molar-refractivity contribution in [3.05, 3.63) is 24.0 Å². The Morgan fingerprint density at radius 1 is 1.31 bits per heavy atom. The predicted octanol–water partition coefficient (Wildman–Crippen LogP) is 2.85. The van der Waals surface area contributed by atoms with Gasteiger partial charge in [-0.05, 0) is 44.5 Å². The van der Waals surface area contributed by atoms with Crippen molar-refractivity contribution < 1.29 is 4.74 Å². The van der Waals surface area contributed by atoms with Gasteiger partial charge in [-0.2, -0.15) is 4.52 Å². The maximum absolute atomic E-state index is 6.17. The van der Waals surface area contributed by atoms with Gasteiger partial charge in [-0.1, -0.05) is 19.4 Å². The number of likely N-dealkylation sites (tertiary alicyclic amines) is 1. The van der Waals surface area contributed by atoms with Crippen molar-refractivity contribution in [3.8, 4) is 5.75 Å². The molecular formula is C19H26N6O. The SMILES string of the molecule is CCCCN1CCC[C@@H](c2nc3c4cccc(OC)c4nc(N)n3n2)C1. The molecule has 0 bridgehead atoms. The van der Waals surface area contributed by atoms with Gasteiger partial charge < -0.3 is 15.4 Å². The highest BCUT2D eigenvalue weighted by molar-refractivity contribution is 5.95. The van der Waals surface area contributed by atoms with Gasteiger partial charge >= 0.3 is 0 Å². The summed E-state index contributed by atoms with van der Waals surface area (Å²) in [6, 6.07) is 5.82. The van der Waals surface area contributed by atoms with E-state index in [4.69, 9.17) is 20.6 Å². The molecular weight excluding hydrogens is 328 g/mol. The minimum Gasteiger partial charge on any atom is -0.494 e. The van der Waals surface area contributed by atoms with Crippen LogP contribution in [0.4, 0.5) is 5.95 Å². The van der Waals surface area contributed by atoms with Crippen molar-refractivity contribution in [2.45, 2.75) is 38.5 Å². The lowest BCUT2D eigenvalue weighted by atomic mass is 9.97. The Morgan fingerprint density at radius 3 is 3.00 bits per heavy atom. The molecule has 7 heteroatoms. The Bertz CT molecular complexity index is 921. The third-order valence-electron chi connectivity index (χ3n) is 5.23. The fourth-order valence-electron chi connectivity index (χ4n) is 3.83. The van der Waals surface area contributed by atoms with Gasteiger partial charge in [0.15, 0.2) is 11.5 Å². The molecule has 138 valence electrons. The number of unbranched alkanes of at least 4 members (excludes halogenated alkanes) is 1. The summed E-state index contributed by atoms with van der Waals surface area (Å²) in [6.45, 7) is 5.59. The minimum absolute atomic E-state index is 0.342. The number of nitrogens with two attached hydrogens (primary N) is 1. The third kappa shape index (κ3) is 2.96. The maximum Gasteiger partial charge on any atom is 0.223 e. The Balaban J connectivity index is 1.73. The number of piperidine rings is 1. The van der Waals surface area contributed by atoms with E-state index in [0.29, 0.717) is 17.6 Å². The topological polar surface area (TPSA) is 81.6 Å². The molecule has 7 nitrogen and oxygen atoms in total. The van der Waals surface area contributed by atoms with Gasteiger partial charge in [0.25, 0.3) is 0 Å². The smallest absolute Gasteiger partial charge is 0.223 e. The highest BCUT2D eigenvalue weighted by atomic mass is 16.5. The number of anilines is 1. The largest absolute Gasteiger partial charge is 0.494 e. The summed E-state index contributed by atoms with van der Waals surface area (Å²) in [5, 5.41) is 5.62. The van der Waals surface area contributed by atoms with Crippen LogP contribution in [0.2, 0.25) is 0 Å². The van der Waals surface area contributed by atoms with Gasteiger partial charge in [-0.15, -0.1) is 5.10 Å². The number of benzene rings is 1. The van der Waals surface area contributed by atoms with Crippen LogP contribution in [-0.2, 0) is 0 Å². The first-order chi connectivity index (χ1) is 12.7. The van der Waals surface area contributed by atoms with Crippen LogP contribution in [0, 0.1) is 0 Å². The maximum atomic E-state index is 6.17. The molecule has 1 saturated heterocycles. The van der Waals surface area contributed by atoms with Crippen LogP contribution < -0.4 is 10.5 Å². The van der Waals surface area contributed by atoms with E-state index in [1.54, 1.807) is 11.6 Å². The molecule has 0 aliphatic carbocycles. The average molecular weight is 354 g/mol. The number of rotatable bonds is 5. The molecule has 0 amide bonds. The average Bonchev–Trinajstić information content (AvgIpc) is 3.13. The van der Waals surface area contributed by atoms with Crippen molar-refractivity contribution in [3.63, 3.8) is 0 Å². The third-order valence-corrected chi connectivity index (χ3v) is 5.23. The monoisotopic (exact) mass is 354 g/mol. The molecule has 0 saturated carbocycles. The van der Waals surface area contributed by atoms with Crippen LogP contribution in [0.1, 0.15) is 44.3 Å². The van der Waals surface area contributed by atoms with E-state index < -0.39 is 0 Å². The summed E-state index contributed by atoms with van der Waals surface area (Å²) in [4.78, 5) is 11.9. The van der Waals surface area contributed by atoms with Crippen molar-refractivity contribution in [2.24, 2.45) is 0 Å². The van der Waals surface area contributed by atoms with Crippen LogP contribution in [0.25, 0.3) is 16.6 Å². The van der Waals surface area contributed by atoms with E-state index in [2.05, 4.69) is 16.8 Å². The van der Waals surface area contributed by atoms with E-state index in [0.717, 1.165) is 41.9 Å². The minimum atomic E-state index is 0.342. The van der Waals surface area contributed by atoms with Crippen molar-refractivity contribution in [1.82, 2.24) is 24.5 Å². The highest BCUT2D eigenvalue weighted by Crippen LogP contribution is 2.30. The summed E-state index contributed by atoms with van der Waals surface area (Å²) < 4.78 is 7.09. The number of hydrogen-bond acceptors (Lipinski definition) is 6. The van der Waals surface area contributed by atoms with Crippen LogP contribution in [0.5, 0.6) is 5.75 Å². The standard InChI is InChI=1S/C19H26N6O/c1-3-4-10-24-11-6-7-13(12-24)17-22-18-14-8-5-9-15(26-2)16(14)21-19(20)25(18)23-17/h5,8-9,13H,3-4,6-7,10-12H2,1-2H3,(H2,20,21)/t13-/m1/s1. The molecule has 3 heterocycles. The molecule has 26 heavy (non-hydrogen) atoms. The molecule has 4 rings (SSSR count). The Morgan fingerprint density at radius 2 is 2.19 bits per heavy atom. The zero-order chi connectivity index (χ0) is 18.1. The molecule has 1 atom stereocenters. The number of aromatic nitrogens is 4. The van der Waals surface area contributed by atoms with E-state index >= 15 is 0 Å². The molecule has 0 unspecified atom stereocenters. The van der Waals surface area contributed by atoms with E-state index in [9.17, 15) is 0 Å². The second-order valence-corrected chi connectivity index (χ2v) is 7.03. The zero-order valence-corrected chi connectivity index (χ0v) is 15.5. The molecule has 2 N–H and O–H groups in total. The number of hydrogen-bond donors (Lipinski definition) is 1. The van der Waals surface area contributed by atoms with Crippen LogP contribution in [-0.4, -0.2) is 51.2 Å². The summed E-state index contributed by atoms with van der Waals surface area (Å²) in [6.07, 6.45) is 4.77. The second kappa shape index (κ2) is 7.07. The molecule has 0 radical (unpaired) electrons. The fraction of sp³-hybridized carbons (Fsp3) is 0.526. The lowest BCUT2D eigenvalue weighted by molar-refractivity contribution is 0.202. The Kier molecular flexibility index (Phi) is 4.63. The van der Waals surface area contributed by atoms with Crippen molar-refractivity contribution in [2.75, 3.05) is 32.5 Å². The molecule has 3 aromatic rings. The van der Waals surface area contributed by atoms with Gasteiger partial charge in [0.05, 0.1) is 7.11 Å². The van der Waals surface area contributed by atoms with Gasteiger partial charge in [-0.25, -0.2) is 9.97 Å². The first-order valence-corrected chi connectivity index (χ1v) is 9.42. The van der Waals surface area contributed by atoms with E-state index in [1.165, 1.54) is 25.8 Å². The quantitative estimate of drug-likeness (QED) is 0.759. The number of para-hydroxylation sites is 1. The van der Waals surface area contributed by atoms with Crippen molar-refractivity contribution in [1.29, 1.82) is 0 Å². The van der Waals surface area contributed by atoms with Crippen LogP contribution in [0.3, 0.4) is 0 Å². The lowest BCUT2D eigenvalue weighted by Crippen LogP contribution is -2.35. The second-order valence-electron chi connectivity index (χ2n) is 7.03. The lowest BCUT2D eigenvalue weighted by Gasteiger charge is -2.31. The number of methoxy groups -OCH3 is 1. The number of nitrogen functional groups attached to an aromatic ring is 1. The van der Waals surface area contributed by atoms with E-state index in [1.807, 2.05) is 18.2 Å². The Labute approximate surface area is 153 Å². The molecule has 1 aliphatic heterocycles. The first-order valence-electron chi connectivity index (χ1n) is 9.42. The molecule has 2 aromatic heterocycles. The molecule has 1 aliphatic rings. The van der Waals surface area contributed by atoms with Crippen LogP contribution >= 0.6 is 0 Å². The summed E-state index contributed by atoms with van der Waals surface area (Å²) in [5.41, 5.74) is 7.65. The molecule has 1 aromatic carbocycles. The zero-order valence-electron chi connectivity index (χ0n) is 15.5. The van der Waals surface area contributed by atoms with Gasteiger partial charge in [-0.3, -0.25) is 0 Å². The van der Waals surface area contributed by atoms with Gasteiger partial charge in [0, 0.05) is 17.8 Å². The number of fused-ring (bicyclic) bond motifs is 3. The Hall–Kier alpha value is -2.41. The number of nitrogens with zero attached hydrogens (tertiary/aromatic N) is 5. The van der Waals surface area contributed by atoms with Crippen LogP contribution in [0.15, 0.2) is 18.2 Å². The fourth-order valence-corrected chi connectivity index (χ4v) is 3.83. The molecule has 0 spiro atoms. The van der Waals surface area contributed by atoms with Gasteiger partial charge in [0.1, 0.15) is 11.3 Å². The van der Waals surface area contributed by atoms with E-state index in [-0.39, 0.29) is 0 Å². The normalized spacial score (nSPS) is 18.6. The summed E-state index contributed by atoms with van der Waals surface area (Å²) in [5.74, 6) is 2.26. The van der Waals surface area contributed by atoms with Crippen molar-refractivity contribution >= 4 is 22.5 Å². The predicted molar refractivity (Wildman–Crippen MR) is 103 cm³/mol. The summed E-state index contributed by atoms with van der Waals surface area (Å²) in [7, 11) is 1.64. The molecule has 1 fully saturated rings. The number of ether oxygens (including phenoxy) is 1. The first kappa shape index (κ1) is 17.0. The summed E-state index contributed by atoms with van der Waals surface area (Å²) >= 11 is 0.